The lowest BCUT2D eigenvalue weighted by Crippen LogP contribution is -2.28. The predicted molar refractivity (Wildman–Crippen MR) is 68.3 cm³/mol. The summed E-state index contributed by atoms with van der Waals surface area (Å²) in [6.07, 6.45) is 3.37. The summed E-state index contributed by atoms with van der Waals surface area (Å²) < 4.78 is 25.8. The van der Waals surface area contributed by atoms with Gasteiger partial charge in [-0.05, 0) is 31.5 Å². The third-order valence-corrected chi connectivity index (χ3v) is 5.15. The summed E-state index contributed by atoms with van der Waals surface area (Å²) >= 11 is 5.19. The Balaban J connectivity index is 2.33. The average molecular weight is 275 g/mol. The molecule has 7 heteroatoms. The van der Waals surface area contributed by atoms with Crippen molar-refractivity contribution in [2.45, 2.75) is 38.6 Å². The summed E-state index contributed by atoms with van der Waals surface area (Å²) in [4.78, 5) is 0. The molecule has 2 rings (SSSR count). The fraction of sp³-hybridized carbons (Fsp3) is 0.800. The van der Waals surface area contributed by atoms with E-state index in [9.17, 15) is 8.42 Å². The third-order valence-electron chi connectivity index (χ3n) is 3.06. The van der Waals surface area contributed by atoms with Crippen molar-refractivity contribution in [2.75, 3.05) is 11.5 Å². The van der Waals surface area contributed by atoms with Gasteiger partial charge in [-0.3, -0.25) is 5.10 Å². The maximum Gasteiger partial charge on any atom is 0.195 e. The topological polar surface area (TPSA) is 67.8 Å². The Morgan fingerprint density at radius 2 is 2.35 bits per heavy atom. The lowest BCUT2D eigenvalue weighted by molar-refractivity contribution is 0.452. The Kier molecular flexibility index (Phi) is 3.67. The maximum atomic E-state index is 11.7. The van der Waals surface area contributed by atoms with Crippen LogP contribution in [0.5, 0.6) is 0 Å². The van der Waals surface area contributed by atoms with E-state index in [-0.39, 0.29) is 11.8 Å². The molecule has 0 amide bonds. The minimum Gasteiger partial charge on any atom is -0.300 e. The molecule has 1 N–H and O–H groups in total. The number of aryl methyl sites for hydroxylation is 1. The molecule has 17 heavy (non-hydrogen) atoms. The van der Waals surface area contributed by atoms with Crippen LogP contribution in [0, 0.1) is 4.77 Å². The zero-order chi connectivity index (χ0) is 12.5. The molecule has 1 aliphatic heterocycles. The van der Waals surface area contributed by atoms with Crippen LogP contribution in [0.25, 0.3) is 0 Å². The minimum absolute atomic E-state index is 0.0402. The van der Waals surface area contributed by atoms with Gasteiger partial charge in [0.15, 0.2) is 14.6 Å². The summed E-state index contributed by atoms with van der Waals surface area (Å²) in [5, 5.41) is 6.95. The molecule has 1 saturated heterocycles. The summed E-state index contributed by atoms with van der Waals surface area (Å²) in [5.41, 5.74) is 0. The molecule has 0 saturated carbocycles. The van der Waals surface area contributed by atoms with Gasteiger partial charge in [0.05, 0.1) is 17.5 Å². The quantitative estimate of drug-likeness (QED) is 0.852. The normalized spacial score (nSPS) is 23.7. The van der Waals surface area contributed by atoms with E-state index in [1.54, 1.807) is 0 Å². The van der Waals surface area contributed by atoms with Crippen molar-refractivity contribution in [3.8, 4) is 0 Å². The van der Waals surface area contributed by atoms with E-state index in [2.05, 4.69) is 17.1 Å². The first kappa shape index (κ1) is 12.8. The summed E-state index contributed by atoms with van der Waals surface area (Å²) in [5.74, 6) is 1.37. The fourth-order valence-corrected chi connectivity index (χ4v) is 4.29. The second-order valence-electron chi connectivity index (χ2n) is 4.48. The number of aromatic nitrogens is 3. The van der Waals surface area contributed by atoms with Gasteiger partial charge in [-0.15, -0.1) is 0 Å². The van der Waals surface area contributed by atoms with Crippen LogP contribution in [-0.4, -0.2) is 34.7 Å². The van der Waals surface area contributed by atoms with E-state index >= 15 is 0 Å². The number of aromatic amines is 1. The van der Waals surface area contributed by atoms with E-state index in [0.717, 1.165) is 25.1 Å². The zero-order valence-corrected chi connectivity index (χ0v) is 11.5. The molecule has 2 heterocycles. The van der Waals surface area contributed by atoms with E-state index in [0.29, 0.717) is 16.9 Å². The van der Waals surface area contributed by atoms with Crippen LogP contribution in [0.4, 0.5) is 0 Å². The largest absolute Gasteiger partial charge is 0.300 e. The SMILES string of the molecule is CCCc1n[nH]c(=S)n1C1CCCS(=O)(=O)C1. The van der Waals surface area contributed by atoms with Gasteiger partial charge in [0.1, 0.15) is 5.82 Å². The van der Waals surface area contributed by atoms with Crippen molar-refractivity contribution in [2.24, 2.45) is 0 Å². The molecule has 1 unspecified atom stereocenters. The molecule has 1 atom stereocenters. The molecule has 0 radical (unpaired) electrons. The molecule has 1 aromatic rings. The van der Waals surface area contributed by atoms with Crippen molar-refractivity contribution in [1.29, 1.82) is 0 Å². The smallest absolute Gasteiger partial charge is 0.195 e. The fourth-order valence-electron chi connectivity index (χ4n) is 2.32. The van der Waals surface area contributed by atoms with Crippen molar-refractivity contribution in [3.63, 3.8) is 0 Å². The Bertz CT molecular complexity index is 544. The van der Waals surface area contributed by atoms with Gasteiger partial charge in [0, 0.05) is 6.42 Å². The molecule has 1 aromatic heterocycles. The van der Waals surface area contributed by atoms with E-state index in [1.165, 1.54) is 0 Å². The number of H-pyrrole nitrogens is 1. The van der Waals surface area contributed by atoms with Gasteiger partial charge in [0.2, 0.25) is 0 Å². The Labute approximate surface area is 106 Å². The third kappa shape index (κ3) is 2.77. The monoisotopic (exact) mass is 275 g/mol. The summed E-state index contributed by atoms with van der Waals surface area (Å²) in [6, 6.07) is -0.0402. The average Bonchev–Trinajstić information content (AvgIpc) is 2.59. The van der Waals surface area contributed by atoms with Crippen LogP contribution in [0.2, 0.25) is 0 Å². The van der Waals surface area contributed by atoms with Crippen molar-refractivity contribution >= 4 is 22.1 Å². The molecular weight excluding hydrogens is 258 g/mol. The molecule has 0 spiro atoms. The summed E-state index contributed by atoms with van der Waals surface area (Å²) in [7, 11) is -2.92. The Hall–Kier alpha value is -0.690. The number of rotatable bonds is 3. The van der Waals surface area contributed by atoms with Crippen LogP contribution < -0.4 is 0 Å². The molecular formula is C10H17N3O2S2. The maximum absolute atomic E-state index is 11.7. The highest BCUT2D eigenvalue weighted by molar-refractivity contribution is 7.91. The lowest BCUT2D eigenvalue weighted by atomic mass is 10.2. The Morgan fingerprint density at radius 1 is 1.59 bits per heavy atom. The highest BCUT2D eigenvalue weighted by atomic mass is 32.2. The second-order valence-corrected chi connectivity index (χ2v) is 7.09. The molecule has 1 fully saturated rings. The van der Waals surface area contributed by atoms with E-state index < -0.39 is 9.84 Å². The highest BCUT2D eigenvalue weighted by Crippen LogP contribution is 2.24. The van der Waals surface area contributed by atoms with Crippen molar-refractivity contribution in [1.82, 2.24) is 14.8 Å². The first-order valence-electron chi connectivity index (χ1n) is 5.89. The predicted octanol–water partition coefficient (Wildman–Crippen LogP) is 1.64. The van der Waals surface area contributed by atoms with Crippen LogP contribution in [0.1, 0.15) is 38.1 Å². The Morgan fingerprint density at radius 3 is 3.00 bits per heavy atom. The zero-order valence-electron chi connectivity index (χ0n) is 9.85. The molecule has 96 valence electrons. The number of nitrogens with one attached hydrogen (secondary N) is 1. The van der Waals surface area contributed by atoms with Crippen LogP contribution in [0.3, 0.4) is 0 Å². The molecule has 1 aliphatic rings. The summed E-state index contributed by atoms with van der Waals surface area (Å²) in [6.45, 7) is 2.07. The van der Waals surface area contributed by atoms with Crippen LogP contribution in [0.15, 0.2) is 0 Å². The minimum atomic E-state index is -2.92. The number of sulfone groups is 1. The van der Waals surface area contributed by atoms with Gasteiger partial charge >= 0.3 is 0 Å². The number of hydrogen-bond acceptors (Lipinski definition) is 4. The van der Waals surface area contributed by atoms with Crippen LogP contribution in [-0.2, 0) is 16.3 Å². The van der Waals surface area contributed by atoms with Gasteiger partial charge < -0.3 is 4.57 Å². The molecule has 5 nitrogen and oxygen atoms in total. The second kappa shape index (κ2) is 4.89. The molecule has 0 bridgehead atoms. The first-order chi connectivity index (χ1) is 8.03. The number of nitrogens with zero attached hydrogens (tertiary/aromatic N) is 2. The van der Waals surface area contributed by atoms with Crippen molar-refractivity contribution < 1.29 is 8.42 Å². The lowest BCUT2D eigenvalue weighted by Gasteiger charge is -2.24. The molecule has 0 aromatic carbocycles. The first-order valence-corrected chi connectivity index (χ1v) is 8.12. The van der Waals surface area contributed by atoms with E-state index in [4.69, 9.17) is 12.2 Å². The van der Waals surface area contributed by atoms with Gasteiger partial charge in [0.25, 0.3) is 0 Å². The van der Waals surface area contributed by atoms with Gasteiger partial charge in [-0.25, -0.2) is 8.42 Å². The highest BCUT2D eigenvalue weighted by Gasteiger charge is 2.27. The number of hydrogen-bond donors (Lipinski definition) is 1. The van der Waals surface area contributed by atoms with Crippen LogP contribution >= 0.6 is 12.2 Å². The standard InChI is InChI=1S/C10H17N3O2S2/c1-2-4-9-11-12-10(16)13(9)8-5-3-6-17(14,15)7-8/h8H,2-7H2,1H3,(H,12,16). The van der Waals surface area contributed by atoms with Gasteiger partial charge in [-0.1, -0.05) is 6.92 Å². The molecule has 0 aliphatic carbocycles. The van der Waals surface area contributed by atoms with Gasteiger partial charge in [-0.2, -0.15) is 5.10 Å². The van der Waals surface area contributed by atoms with Crippen molar-refractivity contribution in [3.05, 3.63) is 10.6 Å². The van der Waals surface area contributed by atoms with E-state index in [1.807, 2.05) is 4.57 Å².